The first-order chi connectivity index (χ1) is 10.2. The zero-order valence-electron chi connectivity index (χ0n) is 12.8. The zero-order chi connectivity index (χ0) is 15.1. The van der Waals surface area contributed by atoms with Gasteiger partial charge >= 0.3 is 5.97 Å². The molecule has 1 aromatic carbocycles. The van der Waals surface area contributed by atoms with Crippen LogP contribution in [0.25, 0.3) is 0 Å². The molecule has 0 aromatic heterocycles. The van der Waals surface area contributed by atoms with Crippen LogP contribution in [-0.2, 0) is 4.74 Å². The molecular weight excluding hydrogens is 266 g/mol. The summed E-state index contributed by atoms with van der Waals surface area (Å²) in [6, 6.07) is 5.10. The van der Waals surface area contributed by atoms with Crippen LogP contribution in [0.3, 0.4) is 0 Å². The maximum Gasteiger partial charge on any atom is 0.338 e. The largest absolute Gasteiger partial charge is 0.491 e. The number of unbranched alkanes of at least 4 members (excludes halogenated alkanes) is 2. The molecule has 0 bridgehead atoms. The molecule has 0 aliphatic heterocycles. The fourth-order valence-electron chi connectivity index (χ4n) is 2.55. The van der Waals surface area contributed by atoms with Gasteiger partial charge in [0.2, 0.25) is 0 Å². The Labute approximate surface area is 126 Å². The normalized spacial score (nSPS) is 15.1. The number of hydrogen-bond acceptors (Lipinski definition) is 4. The van der Waals surface area contributed by atoms with Crippen LogP contribution in [-0.4, -0.2) is 18.7 Å². The van der Waals surface area contributed by atoms with E-state index in [2.05, 4.69) is 6.92 Å². The van der Waals surface area contributed by atoms with E-state index in [-0.39, 0.29) is 12.1 Å². The minimum Gasteiger partial charge on any atom is -0.491 e. The highest BCUT2D eigenvalue weighted by atomic mass is 16.5. The Bertz CT molecular complexity index is 467. The summed E-state index contributed by atoms with van der Waals surface area (Å²) in [4.78, 5) is 12.1. The van der Waals surface area contributed by atoms with Gasteiger partial charge in [-0.15, -0.1) is 0 Å². The monoisotopic (exact) mass is 291 g/mol. The second-order valence-corrected chi connectivity index (χ2v) is 5.62. The van der Waals surface area contributed by atoms with E-state index in [1.165, 1.54) is 0 Å². The van der Waals surface area contributed by atoms with Crippen LogP contribution >= 0.6 is 0 Å². The predicted molar refractivity (Wildman–Crippen MR) is 83.5 cm³/mol. The highest BCUT2D eigenvalue weighted by Crippen LogP contribution is 2.26. The number of nitrogen functional groups attached to an aromatic ring is 1. The molecular formula is C17H25NO3. The third-order valence-electron chi connectivity index (χ3n) is 3.83. The maximum atomic E-state index is 12.1. The topological polar surface area (TPSA) is 61.5 Å². The third kappa shape index (κ3) is 4.66. The number of carbonyl (C=O) groups is 1. The van der Waals surface area contributed by atoms with E-state index in [1.807, 2.05) is 0 Å². The average Bonchev–Trinajstić information content (AvgIpc) is 2.98. The number of nitrogens with two attached hydrogens (primary N) is 1. The molecule has 2 rings (SSSR count). The SMILES string of the molecule is CCCCCOc1cc(C(=O)OC2CCCC2)ccc1N. The van der Waals surface area contributed by atoms with Crippen molar-refractivity contribution in [3.05, 3.63) is 23.8 Å². The lowest BCUT2D eigenvalue weighted by atomic mass is 10.2. The molecule has 0 saturated heterocycles. The standard InChI is InChI=1S/C17H25NO3/c1-2-3-6-11-20-16-12-13(9-10-15(16)18)17(19)21-14-7-4-5-8-14/h9-10,12,14H,2-8,11,18H2,1H3. The zero-order valence-corrected chi connectivity index (χ0v) is 12.8. The van der Waals surface area contributed by atoms with Gasteiger partial charge in [0.1, 0.15) is 11.9 Å². The highest BCUT2D eigenvalue weighted by Gasteiger charge is 2.20. The van der Waals surface area contributed by atoms with Gasteiger partial charge in [0, 0.05) is 0 Å². The maximum absolute atomic E-state index is 12.1. The van der Waals surface area contributed by atoms with Crippen molar-refractivity contribution in [2.24, 2.45) is 0 Å². The molecule has 1 fully saturated rings. The van der Waals surface area contributed by atoms with E-state index < -0.39 is 0 Å². The molecule has 4 nitrogen and oxygen atoms in total. The van der Waals surface area contributed by atoms with Crippen LogP contribution in [0, 0.1) is 0 Å². The molecule has 0 radical (unpaired) electrons. The van der Waals surface area contributed by atoms with Gasteiger partial charge < -0.3 is 15.2 Å². The Morgan fingerprint density at radius 3 is 2.76 bits per heavy atom. The van der Waals surface area contributed by atoms with E-state index in [0.29, 0.717) is 23.6 Å². The van der Waals surface area contributed by atoms with Gasteiger partial charge in [-0.25, -0.2) is 4.79 Å². The molecule has 1 saturated carbocycles. The van der Waals surface area contributed by atoms with E-state index in [0.717, 1.165) is 44.9 Å². The van der Waals surface area contributed by atoms with Gasteiger partial charge in [-0.3, -0.25) is 0 Å². The Balaban J connectivity index is 1.94. The minimum atomic E-state index is -0.277. The van der Waals surface area contributed by atoms with E-state index in [9.17, 15) is 4.79 Å². The molecule has 116 valence electrons. The van der Waals surface area contributed by atoms with Gasteiger partial charge in [0.25, 0.3) is 0 Å². The molecule has 21 heavy (non-hydrogen) atoms. The van der Waals surface area contributed by atoms with Crippen molar-refractivity contribution in [3.63, 3.8) is 0 Å². The number of benzene rings is 1. The molecule has 0 unspecified atom stereocenters. The van der Waals surface area contributed by atoms with Crippen molar-refractivity contribution >= 4 is 11.7 Å². The lowest BCUT2D eigenvalue weighted by Crippen LogP contribution is -2.15. The Morgan fingerprint density at radius 1 is 1.29 bits per heavy atom. The molecule has 2 N–H and O–H groups in total. The van der Waals surface area contributed by atoms with Gasteiger partial charge in [-0.05, 0) is 50.3 Å². The first-order valence-corrected chi connectivity index (χ1v) is 7.94. The van der Waals surface area contributed by atoms with E-state index in [1.54, 1.807) is 18.2 Å². The second-order valence-electron chi connectivity index (χ2n) is 5.62. The fourth-order valence-corrected chi connectivity index (χ4v) is 2.55. The average molecular weight is 291 g/mol. The number of anilines is 1. The van der Waals surface area contributed by atoms with Crippen molar-refractivity contribution in [2.45, 2.75) is 58.0 Å². The Hall–Kier alpha value is -1.71. The van der Waals surface area contributed by atoms with Gasteiger partial charge in [-0.1, -0.05) is 19.8 Å². The Kier molecular flexibility index (Phi) is 5.90. The lowest BCUT2D eigenvalue weighted by Gasteiger charge is -2.13. The fraction of sp³-hybridized carbons (Fsp3) is 0.588. The number of ether oxygens (including phenoxy) is 2. The quantitative estimate of drug-likeness (QED) is 0.469. The number of esters is 1. The molecule has 0 spiro atoms. The number of hydrogen-bond donors (Lipinski definition) is 1. The summed E-state index contributed by atoms with van der Waals surface area (Å²) in [6.45, 7) is 2.77. The molecule has 1 aromatic rings. The van der Waals surface area contributed by atoms with Crippen LogP contribution in [0.2, 0.25) is 0 Å². The summed E-state index contributed by atoms with van der Waals surface area (Å²) in [5, 5.41) is 0. The first kappa shape index (κ1) is 15.7. The summed E-state index contributed by atoms with van der Waals surface area (Å²) in [6.07, 6.45) is 7.57. The van der Waals surface area contributed by atoms with Gasteiger partial charge in [-0.2, -0.15) is 0 Å². The van der Waals surface area contributed by atoms with Crippen molar-refractivity contribution in [2.75, 3.05) is 12.3 Å². The van der Waals surface area contributed by atoms with Crippen LogP contribution in [0.4, 0.5) is 5.69 Å². The smallest absolute Gasteiger partial charge is 0.338 e. The van der Waals surface area contributed by atoms with Crippen LogP contribution in [0.15, 0.2) is 18.2 Å². The van der Waals surface area contributed by atoms with Crippen LogP contribution in [0.1, 0.15) is 62.2 Å². The van der Waals surface area contributed by atoms with Crippen molar-refractivity contribution < 1.29 is 14.3 Å². The molecule has 0 amide bonds. The molecule has 4 heteroatoms. The third-order valence-corrected chi connectivity index (χ3v) is 3.83. The van der Waals surface area contributed by atoms with E-state index >= 15 is 0 Å². The molecule has 1 aliphatic rings. The number of carbonyl (C=O) groups excluding carboxylic acids is 1. The Morgan fingerprint density at radius 2 is 2.05 bits per heavy atom. The first-order valence-electron chi connectivity index (χ1n) is 7.94. The van der Waals surface area contributed by atoms with Crippen molar-refractivity contribution in [1.29, 1.82) is 0 Å². The summed E-state index contributed by atoms with van der Waals surface area (Å²) >= 11 is 0. The summed E-state index contributed by atoms with van der Waals surface area (Å²) in [5.74, 6) is 0.298. The number of rotatable bonds is 7. The summed E-state index contributed by atoms with van der Waals surface area (Å²) < 4.78 is 11.2. The summed E-state index contributed by atoms with van der Waals surface area (Å²) in [7, 11) is 0. The molecule has 0 heterocycles. The predicted octanol–water partition coefficient (Wildman–Crippen LogP) is 3.94. The minimum absolute atomic E-state index is 0.0731. The molecule has 0 atom stereocenters. The lowest BCUT2D eigenvalue weighted by molar-refractivity contribution is 0.0317. The van der Waals surface area contributed by atoms with Gasteiger partial charge in [0.15, 0.2) is 0 Å². The highest BCUT2D eigenvalue weighted by molar-refractivity contribution is 5.90. The van der Waals surface area contributed by atoms with Crippen LogP contribution in [0.5, 0.6) is 5.75 Å². The van der Waals surface area contributed by atoms with Crippen molar-refractivity contribution in [1.82, 2.24) is 0 Å². The molecule has 1 aliphatic carbocycles. The van der Waals surface area contributed by atoms with Gasteiger partial charge in [0.05, 0.1) is 17.9 Å². The van der Waals surface area contributed by atoms with Crippen molar-refractivity contribution in [3.8, 4) is 5.75 Å². The van der Waals surface area contributed by atoms with E-state index in [4.69, 9.17) is 15.2 Å². The summed E-state index contributed by atoms with van der Waals surface area (Å²) in [5.41, 5.74) is 6.97. The van der Waals surface area contributed by atoms with Crippen LogP contribution < -0.4 is 10.5 Å². The second kappa shape index (κ2) is 7.91.